The highest BCUT2D eigenvalue weighted by Gasteiger charge is 2.34. The van der Waals surface area contributed by atoms with E-state index in [0.717, 1.165) is 11.3 Å². The van der Waals surface area contributed by atoms with Crippen LogP contribution >= 0.6 is 35.4 Å². The minimum Gasteiger partial charge on any atom is -0.463 e. The molecule has 2 aromatic carbocycles. The molecule has 33 heavy (non-hydrogen) atoms. The number of ether oxygens (including phenoxy) is 1. The fourth-order valence-corrected chi connectivity index (χ4v) is 4.19. The molecule has 0 fully saturated rings. The maximum Gasteiger partial charge on any atom is 0.338 e. The van der Waals surface area contributed by atoms with Gasteiger partial charge in [0, 0.05) is 23.6 Å². The number of carbonyl (C=O) groups is 2. The molecule has 0 spiro atoms. The van der Waals surface area contributed by atoms with Crippen LogP contribution in [-0.2, 0) is 9.53 Å². The van der Waals surface area contributed by atoms with E-state index in [1.165, 1.54) is 0 Å². The number of halogens is 2. The van der Waals surface area contributed by atoms with Gasteiger partial charge in [0.25, 0.3) is 0 Å². The second-order valence-corrected chi connectivity index (χ2v) is 8.38. The van der Waals surface area contributed by atoms with Crippen molar-refractivity contribution in [3.8, 4) is 0 Å². The molecule has 0 saturated heterocycles. The molecule has 3 rings (SSSR count). The van der Waals surface area contributed by atoms with E-state index in [1.807, 2.05) is 30.9 Å². The van der Waals surface area contributed by atoms with Gasteiger partial charge in [0.15, 0.2) is 5.11 Å². The summed E-state index contributed by atoms with van der Waals surface area (Å²) >= 11 is 17.4. The molecule has 0 aromatic heterocycles. The summed E-state index contributed by atoms with van der Waals surface area (Å²) in [6, 6.07) is 11.1. The van der Waals surface area contributed by atoms with Gasteiger partial charge in [-0.15, -0.1) is 0 Å². The summed E-state index contributed by atoms with van der Waals surface area (Å²) in [6.07, 6.45) is 0. The van der Waals surface area contributed by atoms with Crippen molar-refractivity contribution >= 4 is 63.9 Å². The third-order valence-corrected chi connectivity index (χ3v) is 6.16. The van der Waals surface area contributed by atoms with E-state index in [0.29, 0.717) is 38.7 Å². The number of benzene rings is 2. The first-order valence-corrected chi connectivity index (χ1v) is 11.5. The Labute approximate surface area is 208 Å². The molecule has 1 aliphatic heterocycles. The zero-order valence-corrected chi connectivity index (χ0v) is 20.7. The summed E-state index contributed by atoms with van der Waals surface area (Å²) in [4.78, 5) is 26.9. The zero-order valence-electron chi connectivity index (χ0n) is 18.4. The van der Waals surface area contributed by atoms with Crippen LogP contribution in [0.2, 0.25) is 10.0 Å². The van der Waals surface area contributed by atoms with E-state index in [1.54, 1.807) is 37.3 Å². The molecule has 0 radical (unpaired) electrons. The van der Waals surface area contributed by atoms with Gasteiger partial charge in [0.2, 0.25) is 0 Å². The number of anilines is 2. The molecule has 1 aliphatic rings. The highest BCUT2D eigenvalue weighted by atomic mass is 35.5. The largest absolute Gasteiger partial charge is 0.463 e. The Morgan fingerprint density at radius 3 is 2.30 bits per heavy atom. The zero-order chi connectivity index (χ0) is 24.1. The van der Waals surface area contributed by atoms with Crippen molar-refractivity contribution < 1.29 is 14.3 Å². The lowest BCUT2D eigenvalue weighted by Crippen LogP contribution is -2.47. The van der Waals surface area contributed by atoms with Crippen molar-refractivity contribution in [2.75, 3.05) is 23.8 Å². The first-order chi connectivity index (χ1) is 15.7. The number of amides is 2. The van der Waals surface area contributed by atoms with E-state index in [2.05, 4.69) is 16.0 Å². The number of esters is 1. The number of carbonyl (C=O) groups excluding carboxylic acids is 2. The molecule has 0 bridgehead atoms. The first-order valence-electron chi connectivity index (χ1n) is 10.3. The van der Waals surface area contributed by atoms with Crippen molar-refractivity contribution in [3.63, 3.8) is 0 Å². The average Bonchev–Trinajstić information content (AvgIpc) is 2.77. The smallest absolute Gasteiger partial charge is 0.338 e. The SMILES string of the molecule is CCOC(=O)C1=C(C)N(CC)C(=S)NC1c1ccc(NC(=O)Nc2ccc(Cl)c(Cl)c2)cc1. The number of rotatable bonds is 6. The lowest BCUT2D eigenvalue weighted by atomic mass is 9.95. The van der Waals surface area contributed by atoms with E-state index in [4.69, 9.17) is 40.2 Å². The van der Waals surface area contributed by atoms with Gasteiger partial charge in [0.05, 0.1) is 28.3 Å². The summed E-state index contributed by atoms with van der Waals surface area (Å²) in [5.41, 5.74) is 3.16. The molecular formula is C23H24Cl2N4O3S. The van der Waals surface area contributed by atoms with Crippen molar-refractivity contribution in [2.24, 2.45) is 0 Å². The number of urea groups is 1. The normalized spacial score (nSPS) is 15.7. The van der Waals surface area contributed by atoms with Gasteiger partial charge in [-0.1, -0.05) is 35.3 Å². The van der Waals surface area contributed by atoms with Gasteiger partial charge in [-0.2, -0.15) is 0 Å². The minimum absolute atomic E-state index is 0.274. The van der Waals surface area contributed by atoms with E-state index in [9.17, 15) is 9.59 Å². The van der Waals surface area contributed by atoms with Crippen LogP contribution < -0.4 is 16.0 Å². The van der Waals surface area contributed by atoms with E-state index >= 15 is 0 Å². The lowest BCUT2D eigenvalue weighted by Gasteiger charge is -2.37. The van der Waals surface area contributed by atoms with Crippen molar-refractivity contribution in [1.29, 1.82) is 0 Å². The molecule has 0 saturated carbocycles. The van der Waals surface area contributed by atoms with Crippen LogP contribution in [0, 0.1) is 0 Å². The fraction of sp³-hybridized carbons (Fsp3) is 0.261. The topological polar surface area (TPSA) is 82.7 Å². The van der Waals surface area contributed by atoms with Crippen molar-refractivity contribution in [1.82, 2.24) is 10.2 Å². The van der Waals surface area contributed by atoms with E-state index < -0.39 is 18.0 Å². The second-order valence-electron chi connectivity index (χ2n) is 7.18. The molecule has 1 heterocycles. The van der Waals surface area contributed by atoms with Gasteiger partial charge in [-0.3, -0.25) is 0 Å². The van der Waals surface area contributed by atoms with Gasteiger partial charge in [0.1, 0.15) is 0 Å². The summed E-state index contributed by atoms with van der Waals surface area (Å²) in [5.74, 6) is -0.392. The maximum atomic E-state index is 12.7. The van der Waals surface area contributed by atoms with Crippen LogP contribution in [0.15, 0.2) is 53.7 Å². The Morgan fingerprint density at radius 1 is 1.06 bits per heavy atom. The number of nitrogens with one attached hydrogen (secondary N) is 3. The molecule has 10 heteroatoms. The molecule has 174 valence electrons. The van der Waals surface area contributed by atoms with Crippen LogP contribution in [0.4, 0.5) is 16.2 Å². The van der Waals surface area contributed by atoms with Crippen molar-refractivity contribution in [3.05, 3.63) is 69.3 Å². The van der Waals surface area contributed by atoms with Crippen LogP contribution in [-0.4, -0.2) is 35.2 Å². The van der Waals surface area contributed by atoms with E-state index in [-0.39, 0.29) is 6.61 Å². The van der Waals surface area contributed by atoms with Gasteiger partial charge in [-0.05, 0) is 68.9 Å². The highest BCUT2D eigenvalue weighted by Crippen LogP contribution is 2.32. The molecular weight excluding hydrogens is 483 g/mol. The molecule has 7 nitrogen and oxygen atoms in total. The van der Waals surface area contributed by atoms with Gasteiger partial charge in [-0.25, -0.2) is 9.59 Å². The monoisotopic (exact) mass is 506 g/mol. The Hall–Kier alpha value is -2.81. The van der Waals surface area contributed by atoms with Gasteiger partial charge < -0.3 is 25.6 Å². The Balaban J connectivity index is 1.78. The quantitative estimate of drug-likeness (QED) is 0.343. The minimum atomic E-state index is -0.460. The summed E-state index contributed by atoms with van der Waals surface area (Å²) in [7, 11) is 0. The third-order valence-electron chi connectivity index (χ3n) is 5.09. The number of hydrogen-bond donors (Lipinski definition) is 3. The molecule has 2 amide bonds. The molecule has 2 aromatic rings. The number of thiocarbonyl (C=S) groups is 1. The number of hydrogen-bond acceptors (Lipinski definition) is 4. The predicted molar refractivity (Wildman–Crippen MR) is 136 cm³/mol. The fourth-order valence-electron chi connectivity index (χ4n) is 3.51. The average molecular weight is 507 g/mol. The van der Waals surface area contributed by atoms with Crippen molar-refractivity contribution in [2.45, 2.75) is 26.8 Å². The third kappa shape index (κ3) is 5.76. The lowest BCUT2D eigenvalue weighted by molar-refractivity contribution is -0.139. The summed E-state index contributed by atoms with van der Waals surface area (Å²) in [6.45, 7) is 6.49. The first kappa shape index (κ1) is 24.8. The Kier molecular flexibility index (Phi) is 8.18. The molecule has 0 aliphatic carbocycles. The molecule has 1 atom stereocenters. The standard InChI is InChI=1S/C23H24Cl2N4O3S/c1-4-29-13(3)19(21(30)32-5-2)20(28-23(29)33)14-6-8-15(9-7-14)26-22(31)27-16-10-11-17(24)18(25)12-16/h6-12,20H,4-5H2,1-3H3,(H,28,33)(H2,26,27,31). The summed E-state index contributed by atoms with van der Waals surface area (Å²) in [5, 5.41) is 9.98. The predicted octanol–water partition coefficient (Wildman–Crippen LogP) is 5.73. The summed E-state index contributed by atoms with van der Waals surface area (Å²) < 4.78 is 5.29. The van der Waals surface area contributed by atoms with Crippen LogP contribution in [0.5, 0.6) is 0 Å². The Bertz CT molecular complexity index is 1110. The number of nitrogens with zero attached hydrogens (tertiary/aromatic N) is 1. The number of allylic oxidation sites excluding steroid dienone is 1. The van der Waals surface area contributed by atoms with Crippen LogP contribution in [0.1, 0.15) is 32.4 Å². The second kappa shape index (κ2) is 10.9. The maximum absolute atomic E-state index is 12.7. The van der Waals surface area contributed by atoms with Crippen LogP contribution in [0.3, 0.4) is 0 Å². The van der Waals surface area contributed by atoms with Gasteiger partial charge >= 0.3 is 12.0 Å². The van der Waals surface area contributed by atoms with Crippen LogP contribution in [0.25, 0.3) is 0 Å². The molecule has 1 unspecified atom stereocenters. The Morgan fingerprint density at radius 2 is 1.70 bits per heavy atom. The molecule has 3 N–H and O–H groups in total. The highest BCUT2D eigenvalue weighted by molar-refractivity contribution is 7.80.